The molecular weight excluding hydrogens is 200 g/mol. The van der Waals surface area contributed by atoms with E-state index in [1.54, 1.807) is 0 Å². The number of carbonyl (C=O) groups is 1. The molecule has 6 heteroatoms. The molecule has 6 nitrogen and oxygen atoms in total. The van der Waals surface area contributed by atoms with Crippen LogP contribution in [0.5, 0.6) is 5.75 Å². The van der Waals surface area contributed by atoms with E-state index in [1.807, 2.05) is 0 Å². The number of aromatic nitrogens is 1. The number of H-pyrrole nitrogens is 1. The molecule has 0 aliphatic rings. The van der Waals surface area contributed by atoms with Crippen LogP contribution >= 0.6 is 0 Å². The van der Waals surface area contributed by atoms with Crippen molar-refractivity contribution in [3.8, 4) is 5.75 Å². The van der Waals surface area contributed by atoms with Crippen LogP contribution in [0.15, 0.2) is 17.1 Å². The maximum absolute atomic E-state index is 11.3. The number of ether oxygens (including phenoxy) is 1. The van der Waals surface area contributed by atoms with Crippen LogP contribution in [0, 0.1) is 0 Å². The zero-order chi connectivity index (χ0) is 11.4. The van der Waals surface area contributed by atoms with Gasteiger partial charge in [-0.25, -0.2) is 0 Å². The maximum Gasteiger partial charge on any atom is 0.320 e. The Bertz CT molecular complexity index is 413. The molecule has 1 aromatic heterocycles. The fourth-order valence-electron chi connectivity index (χ4n) is 1.10. The van der Waals surface area contributed by atoms with Crippen molar-refractivity contribution in [2.24, 2.45) is 5.73 Å². The molecule has 4 N–H and O–H groups in total. The number of methoxy groups -OCH3 is 1. The molecule has 1 aromatic rings. The van der Waals surface area contributed by atoms with Gasteiger partial charge in [0.05, 0.1) is 7.11 Å². The molecule has 0 aliphatic carbocycles. The molecule has 15 heavy (non-hydrogen) atoms. The Balaban J connectivity index is 2.84. The van der Waals surface area contributed by atoms with Crippen molar-refractivity contribution < 1.29 is 14.6 Å². The quantitative estimate of drug-likeness (QED) is 0.614. The van der Waals surface area contributed by atoms with Gasteiger partial charge in [0.15, 0.2) is 5.75 Å². The van der Waals surface area contributed by atoms with Crippen LogP contribution in [0.1, 0.15) is 5.69 Å². The number of hydrogen-bond acceptors (Lipinski definition) is 4. The average Bonchev–Trinajstić information content (AvgIpc) is 2.18. The number of aromatic amines is 1. The highest BCUT2D eigenvalue weighted by molar-refractivity contribution is 5.73. The summed E-state index contributed by atoms with van der Waals surface area (Å²) in [5, 5.41) is 8.57. The summed E-state index contributed by atoms with van der Waals surface area (Å²) in [5.74, 6) is -0.922. The monoisotopic (exact) mass is 212 g/mol. The topological polar surface area (TPSA) is 105 Å². The van der Waals surface area contributed by atoms with Crippen molar-refractivity contribution in [1.82, 2.24) is 4.98 Å². The maximum atomic E-state index is 11.3. The highest BCUT2D eigenvalue weighted by Crippen LogP contribution is 2.02. The Morgan fingerprint density at radius 1 is 1.73 bits per heavy atom. The number of hydrogen-bond donors (Lipinski definition) is 3. The lowest BCUT2D eigenvalue weighted by Crippen LogP contribution is -2.32. The van der Waals surface area contributed by atoms with Gasteiger partial charge in [0, 0.05) is 24.4 Å². The molecule has 1 heterocycles. The lowest BCUT2D eigenvalue weighted by atomic mass is 10.1. The van der Waals surface area contributed by atoms with Gasteiger partial charge in [-0.15, -0.1) is 0 Å². The zero-order valence-corrected chi connectivity index (χ0v) is 8.19. The van der Waals surface area contributed by atoms with E-state index in [-0.39, 0.29) is 17.6 Å². The van der Waals surface area contributed by atoms with Crippen LogP contribution in [0.3, 0.4) is 0 Å². The van der Waals surface area contributed by atoms with E-state index in [1.165, 1.54) is 19.4 Å². The van der Waals surface area contributed by atoms with E-state index in [0.29, 0.717) is 5.69 Å². The molecule has 0 aromatic carbocycles. The minimum absolute atomic E-state index is 0.0779. The highest BCUT2D eigenvalue weighted by atomic mass is 16.5. The summed E-state index contributed by atoms with van der Waals surface area (Å²) < 4.78 is 4.76. The Morgan fingerprint density at radius 3 is 2.87 bits per heavy atom. The van der Waals surface area contributed by atoms with Crippen LogP contribution in [0.2, 0.25) is 0 Å². The lowest BCUT2D eigenvalue weighted by Gasteiger charge is -2.06. The third kappa shape index (κ3) is 2.81. The molecule has 0 fully saturated rings. The van der Waals surface area contributed by atoms with Crippen molar-refractivity contribution in [3.05, 3.63) is 28.2 Å². The molecule has 82 valence electrons. The van der Waals surface area contributed by atoms with Gasteiger partial charge in [0.2, 0.25) is 5.43 Å². The van der Waals surface area contributed by atoms with Crippen LogP contribution in [0.25, 0.3) is 0 Å². The molecule has 0 bridgehead atoms. The van der Waals surface area contributed by atoms with Crippen LogP contribution < -0.4 is 15.9 Å². The first-order chi connectivity index (χ1) is 7.04. The molecule has 0 saturated heterocycles. The third-order valence-electron chi connectivity index (χ3n) is 1.91. The molecule has 0 amide bonds. The fraction of sp³-hybridized carbons (Fsp3) is 0.333. The number of carboxylic acids is 1. The van der Waals surface area contributed by atoms with Gasteiger partial charge in [-0.1, -0.05) is 0 Å². The number of aliphatic carboxylic acids is 1. The summed E-state index contributed by atoms with van der Waals surface area (Å²) in [5.41, 5.74) is 5.48. The van der Waals surface area contributed by atoms with Crippen molar-refractivity contribution >= 4 is 5.97 Å². The van der Waals surface area contributed by atoms with Crippen molar-refractivity contribution in [1.29, 1.82) is 0 Å². The summed E-state index contributed by atoms with van der Waals surface area (Å²) in [6, 6.07) is 0.260. The second-order valence-electron chi connectivity index (χ2n) is 3.04. The third-order valence-corrected chi connectivity index (χ3v) is 1.91. The summed E-state index contributed by atoms with van der Waals surface area (Å²) in [4.78, 5) is 24.5. The first-order valence-electron chi connectivity index (χ1n) is 4.28. The first kappa shape index (κ1) is 11.3. The second-order valence-corrected chi connectivity index (χ2v) is 3.04. The van der Waals surface area contributed by atoms with Crippen LogP contribution in [0.4, 0.5) is 0 Å². The largest absolute Gasteiger partial charge is 0.491 e. The van der Waals surface area contributed by atoms with E-state index in [9.17, 15) is 9.59 Å². The normalized spacial score (nSPS) is 12.1. The fourth-order valence-corrected chi connectivity index (χ4v) is 1.10. The summed E-state index contributed by atoms with van der Waals surface area (Å²) >= 11 is 0. The second kappa shape index (κ2) is 4.61. The highest BCUT2D eigenvalue weighted by Gasteiger charge is 2.13. The Hall–Kier alpha value is -1.82. The number of nitrogens with two attached hydrogens (primary N) is 1. The standard InChI is InChI=1S/C9H12N2O4/c1-15-8-4-11-5(3-7(8)12)2-6(10)9(13)14/h3-4,6H,2,10H2,1H3,(H,11,12)(H,13,14). The van der Waals surface area contributed by atoms with E-state index in [0.717, 1.165) is 0 Å². The van der Waals surface area contributed by atoms with Crippen molar-refractivity contribution in [2.45, 2.75) is 12.5 Å². The number of pyridine rings is 1. The average molecular weight is 212 g/mol. The van der Waals surface area contributed by atoms with Crippen LogP contribution in [-0.2, 0) is 11.2 Å². The van der Waals surface area contributed by atoms with E-state index < -0.39 is 12.0 Å². The number of nitrogens with one attached hydrogen (secondary N) is 1. The molecule has 0 radical (unpaired) electrons. The summed E-state index contributed by atoms with van der Waals surface area (Å²) in [7, 11) is 1.38. The predicted octanol–water partition coefficient (Wildman–Crippen LogP) is -0.662. The summed E-state index contributed by atoms with van der Waals surface area (Å²) in [6.07, 6.45) is 1.46. The predicted molar refractivity (Wildman–Crippen MR) is 52.9 cm³/mol. The molecular formula is C9H12N2O4. The Morgan fingerprint density at radius 2 is 2.40 bits per heavy atom. The van der Waals surface area contributed by atoms with Gasteiger partial charge in [-0.2, -0.15) is 0 Å². The Kier molecular flexibility index (Phi) is 3.46. The minimum atomic E-state index is -1.10. The van der Waals surface area contributed by atoms with Gasteiger partial charge < -0.3 is 20.6 Å². The summed E-state index contributed by atoms with van der Waals surface area (Å²) in [6.45, 7) is 0. The van der Waals surface area contributed by atoms with E-state index in [2.05, 4.69) is 4.98 Å². The lowest BCUT2D eigenvalue weighted by molar-refractivity contribution is -0.138. The van der Waals surface area contributed by atoms with E-state index >= 15 is 0 Å². The number of carboxylic acid groups (broad SMARTS) is 1. The van der Waals surface area contributed by atoms with Gasteiger partial charge in [0.1, 0.15) is 6.04 Å². The van der Waals surface area contributed by atoms with Gasteiger partial charge in [-0.05, 0) is 0 Å². The minimum Gasteiger partial charge on any atom is -0.491 e. The van der Waals surface area contributed by atoms with Gasteiger partial charge in [0.25, 0.3) is 0 Å². The molecule has 1 atom stereocenters. The molecule has 0 aliphatic heterocycles. The molecule has 0 saturated carbocycles. The molecule has 1 unspecified atom stereocenters. The van der Waals surface area contributed by atoms with Gasteiger partial charge >= 0.3 is 5.97 Å². The molecule has 0 spiro atoms. The zero-order valence-electron chi connectivity index (χ0n) is 8.19. The first-order valence-corrected chi connectivity index (χ1v) is 4.28. The smallest absolute Gasteiger partial charge is 0.320 e. The Labute approximate surface area is 85.7 Å². The number of rotatable bonds is 4. The van der Waals surface area contributed by atoms with E-state index in [4.69, 9.17) is 15.6 Å². The van der Waals surface area contributed by atoms with Gasteiger partial charge in [-0.3, -0.25) is 9.59 Å². The van der Waals surface area contributed by atoms with Crippen molar-refractivity contribution in [2.75, 3.05) is 7.11 Å². The SMILES string of the molecule is COc1c[nH]c(CC(N)C(=O)O)cc1=O. The molecule has 1 rings (SSSR count). The van der Waals surface area contributed by atoms with Crippen molar-refractivity contribution in [3.63, 3.8) is 0 Å². The van der Waals surface area contributed by atoms with Crippen LogP contribution in [-0.4, -0.2) is 29.2 Å².